The molecule has 1 aliphatic rings. The van der Waals surface area contributed by atoms with Crippen LogP contribution in [0.15, 0.2) is 48.5 Å². The Kier molecular flexibility index (Phi) is 5.19. The van der Waals surface area contributed by atoms with Crippen LogP contribution in [-0.4, -0.2) is 47.3 Å². The van der Waals surface area contributed by atoms with Gasteiger partial charge < -0.3 is 15.6 Å². The van der Waals surface area contributed by atoms with E-state index in [1.54, 1.807) is 0 Å². The minimum absolute atomic E-state index is 0.0750. The first kappa shape index (κ1) is 18.9. The van der Waals surface area contributed by atoms with E-state index in [-0.39, 0.29) is 25.6 Å². The van der Waals surface area contributed by atoms with Gasteiger partial charge in [0.15, 0.2) is 0 Å². The van der Waals surface area contributed by atoms with Crippen molar-refractivity contribution < 1.29 is 19.4 Å². The van der Waals surface area contributed by atoms with Gasteiger partial charge in [-0.3, -0.25) is 4.90 Å². The number of carboxylic acids is 1. The molecule has 6 nitrogen and oxygen atoms in total. The van der Waals surface area contributed by atoms with Crippen LogP contribution >= 0.6 is 0 Å². The predicted molar refractivity (Wildman–Crippen MR) is 103 cm³/mol. The first-order valence-electron chi connectivity index (χ1n) is 8.94. The van der Waals surface area contributed by atoms with Gasteiger partial charge in [-0.15, -0.1) is 0 Å². The van der Waals surface area contributed by atoms with Crippen molar-refractivity contribution in [2.75, 3.05) is 19.7 Å². The van der Waals surface area contributed by atoms with Crippen molar-refractivity contribution in [3.8, 4) is 11.1 Å². The van der Waals surface area contributed by atoms with Gasteiger partial charge >= 0.3 is 12.1 Å². The predicted octanol–water partition coefficient (Wildman–Crippen LogP) is 3.06. The van der Waals surface area contributed by atoms with Gasteiger partial charge in [0.1, 0.15) is 12.1 Å². The third-order valence-corrected chi connectivity index (χ3v) is 5.11. The number of amides is 1. The second-order valence-corrected chi connectivity index (χ2v) is 7.11. The van der Waals surface area contributed by atoms with Crippen LogP contribution in [0, 0.1) is 0 Å². The summed E-state index contributed by atoms with van der Waals surface area (Å²) in [6, 6.07) is 16.1. The molecule has 0 radical (unpaired) electrons. The Labute approximate surface area is 158 Å². The molecule has 3 N–H and O–H groups in total. The maximum Gasteiger partial charge on any atom is 0.410 e. The van der Waals surface area contributed by atoms with Crippen molar-refractivity contribution in [1.29, 1.82) is 0 Å². The first-order valence-corrected chi connectivity index (χ1v) is 8.94. The minimum Gasteiger partial charge on any atom is -0.480 e. The van der Waals surface area contributed by atoms with E-state index < -0.39 is 17.6 Å². The van der Waals surface area contributed by atoms with Crippen LogP contribution in [0.25, 0.3) is 11.1 Å². The molecule has 0 aliphatic heterocycles. The van der Waals surface area contributed by atoms with E-state index >= 15 is 0 Å². The summed E-state index contributed by atoms with van der Waals surface area (Å²) in [5.74, 6) is -1.18. The van der Waals surface area contributed by atoms with E-state index in [9.17, 15) is 14.7 Å². The number of hydrogen-bond acceptors (Lipinski definition) is 4. The van der Waals surface area contributed by atoms with E-state index in [1.807, 2.05) is 36.4 Å². The molecule has 142 valence electrons. The Hall–Kier alpha value is -2.86. The van der Waals surface area contributed by atoms with Crippen molar-refractivity contribution in [3.05, 3.63) is 59.7 Å². The molecule has 1 amide bonds. The molecule has 2 aromatic carbocycles. The molecule has 0 atom stereocenters. The number of nitrogens with zero attached hydrogens (tertiary/aromatic N) is 1. The molecule has 0 saturated heterocycles. The Morgan fingerprint density at radius 1 is 1.07 bits per heavy atom. The summed E-state index contributed by atoms with van der Waals surface area (Å²) >= 11 is 0. The average molecular weight is 368 g/mol. The lowest BCUT2D eigenvalue weighted by molar-refractivity contribution is -0.148. The van der Waals surface area contributed by atoms with Crippen LogP contribution in [0.1, 0.15) is 30.9 Å². The molecular weight excluding hydrogens is 344 g/mol. The second kappa shape index (κ2) is 7.40. The number of rotatable bonds is 6. The molecule has 27 heavy (non-hydrogen) atoms. The molecule has 1 aliphatic carbocycles. The lowest BCUT2D eigenvalue weighted by atomic mass is 9.98. The van der Waals surface area contributed by atoms with Crippen LogP contribution in [-0.2, 0) is 9.53 Å². The van der Waals surface area contributed by atoms with Crippen LogP contribution in [0.3, 0.4) is 0 Å². The highest BCUT2D eigenvalue weighted by molar-refractivity contribution is 5.84. The molecule has 3 rings (SSSR count). The molecule has 0 spiro atoms. The number of hydrogen-bond donors (Lipinski definition) is 2. The highest BCUT2D eigenvalue weighted by Crippen LogP contribution is 2.44. The largest absolute Gasteiger partial charge is 0.480 e. The summed E-state index contributed by atoms with van der Waals surface area (Å²) in [7, 11) is 0. The van der Waals surface area contributed by atoms with Gasteiger partial charge in [-0.25, -0.2) is 9.59 Å². The Morgan fingerprint density at radius 2 is 1.59 bits per heavy atom. The third kappa shape index (κ3) is 3.40. The summed E-state index contributed by atoms with van der Waals surface area (Å²) in [4.78, 5) is 25.4. The number of nitrogens with two attached hydrogens (primary N) is 1. The standard InChI is InChI=1S/C21H24N2O4/c1-21(2,19(24)25)23(12-11-22)20(26)27-13-18-16-9-5-3-7-14(16)15-8-4-6-10-17(15)18/h3-10,18H,11-13,22H2,1-2H3,(H,24,25). The van der Waals surface area contributed by atoms with E-state index in [1.165, 1.54) is 18.7 Å². The number of fused-ring (bicyclic) bond motifs is 3. The topological polar surface area (TPSA) is 92.9 Å². The van der Waals surface area contributed by atoms with Gasteiger partial charge in [-0.1, -0.05) is 48.5 Å². The second-order valence-electron chi connectivity index (χ2n) is 7.11. The summed E-state index contributed by atoms with van der Waals surface area (Å²) in [5, 5.41) is 9.44. The molecule has 0 heterocycles. The fraction of sp³-hybridized carbons (Fsp3) is 0.333. The molecule has 0 saturated carbocycles. The smallest absolute Gasteiger partial charge is 0.410 e. The van der Waals surface area contributed by atoms with Crippen molar-refractivity contribution in [3.63, 3.8) is 0 Å². The molecule has 0 unspecified atom stereocenters. The number of ether oxygens (including phenoxy) is 1. The summed E-state index contributed by atoms with van der Waals surface area (Å²) in [6.45, 7) is 3.33. The molecule has 0 bridgehead atoms. The zero-order valence-corrected chi connectivity index (χ0v) is 15.5. The zero-order valence-electron chi connectivity index (χ0n) is 15.5. The van der Waals surface area contributed by atoms with E-state index in [0.717, 1.165) is 22.3 Å². The van der Waals surface area contributed by atoms with E-state index in [0.29, 0.717) is 0 Å². The van der Waals surface area contributed by atoms with Crippen molar-refractivity contribution >= 4 is 12.1 Å². The quantitative estimate of drug-likeness (QED) is 0.817. The van der Waals surface area contributed by atoms with Crippen molar-refractivity contribution in [2.45, 2.75) is 25.3 Å². The maximum absolute atomic E-state index is 12.6. The van der Waals surface area contributed by atoms with Gasteiger partial charge in [-0.05, 0) is 36.1 Å². The lowest BCUT2D eigenvalue weighted by Crippen LogP contribution is -2.54. The van der Waals surface area contributed by atoms with Gasteiger partial charge in [0.2, 0.25) is 0 Å². The fourth-order valence-electron chi connectivity index (χ4n) is 3.52. The van der Waals surface area contributed by atoms with Gasteiger partial charge in [0.05, 0.1) is 0 Å². The molecule has 0 aromatic heterocycles. The van der Waals surface area contributed by atoms with Gasteiger partial charge in [0.25, 0.3) is 0 Å². The number of carbonyl (C=O) groups excluding carboxylic acids is 1. The molecule has 6 heteroatoms. The van der Waals surface area contributed by atoms with Crippen LogP contribution < -0.4 is 5.73 Å². The van der Waals surface area contributed by atoms with Gasteiger partial charge in [0, 0.05) is 19.0 Å². The normalized spacial score (nSPS) is 13.0. The summed E-state index contributed by atoms with van der Waals surface area (Å²) in [6.07, 6.45) is -0.672. The van der Waals surface area contributed by atoms with Gasteiger partial charge in [-0.2, -0.15) is 0 Å². The van der Waals surface area contributed by atoms with Crippen LogP contribution in [0.4, 0.5) is 4.79 Å². The maximum atomic E-state index is 12.6. The molecule has 0 fully saturated rings. The van der Waals surface area contributed by atoms with Crippen LogP contribution in [0.2, 0.25) is 0 Å². The Balaban J connectivity index is 1.82. The molecule has 2 aromatic rings. The number of benzene rings is 2. The minimum atomic E-state index is -1.40. The fourth-order valence-corrected chi connectivity index (χ4v) is 3.52. The monoisotopic (exact) mass is 368 g/mol. The lowest BCUT2D eigenvalue weighted by Gasteiger charge is -2.34. The Bertz CT molecular complexity index is 817. The number of aliphatic carboxylic acids is 1. The van der Waals surface area contributed by atoms with E-state index in [2.05, 4.69) is 12.1 Å². The van der Waals surface area contributed by atoms with Crippen LogP contribution in [0.5, 0.6) is 0 Å². The third-order valence-electron chi connectivity index (χ3n) is 5.11. The van der Waals surface area contributed by atoms with E-state index in [4.69, 9.17) is 10.5 Å². The highest BCUT2D eigenvalue weighted by Gasteiger charge is 2.39. The highest BCUT2D eigenvalue weighted by atomic mass is 16.6. The first-order chi connectivity index (χ1) is 12.9. The zero-order chi connectivity index (χ0) is 19.6. The number of carboxylic acid groups (broad SMARTS) is 1. The summed E-state index contributed by atoms with van der Waals surface area (Å²) < 4.78 is 5.56. The SMILES string of the molecule is CC(C)(C(=O)O)N(CCN)C(=O)OCC1c2ccccc2-c2ccccc21. The van der Waals surface area contributed by atoms with Crippen molar-refractivity contribution in [1.82, 2.24) is 4.90 Å². The molecular formula is C21H24N2O4. The summed E-state index contributed by atoms with van der Waals surface area (Å²) in [5.41, 5.74) is 8.65. The average Bonchev–Trinajstić information content (AvgIpc) is 2.98. The Morgan fingerprint density at radius 3 is 2.07 bits per heavy atom. The number of carbonyl (C=O) groups is 2. The van der Waals surface area contributed by atoms with Crippen molar-refractivity contribution in [2.24, 2.45) is 5.73 Å².